The molecule has 1 aliphatic carbocycles. The van der Waals surface area contributed by atoms with Gasteiger partial charge < -0.3 is 19.7 Å². The van der Waals surface area contributed by atoms with E-state index < -0.39 is 29.5 Å². The number of aliphatic carboxylic acids is 1. The topological polar surface area (TPSA) is 95.7 Å². The molecule has 1 saturated carbocycles. The van der Waals surface area contributed by atoms with Gasteiger partial charge in [0.15, 0.2) is 5.69 Å². The molecule has 7 nitrogen and oxygen atoms in total. The standard InChI is InChI=1S/C25H30F3N3O4/c1-15-3-2-12-31(14-15)24-30-22(25(26,27)28)21(35-24)23(34)29-19-10-8-18(9-11-19)17-6-4-16(5-7-17)13-20(32)33/h8-11,15-17H,2-7,12-14H2,1H3,(H,29,34)(H,32,33). The molecule has 1 saturated heterocycles. The quantitative estimate of drug-likeness (QED) is 0.518. The summed E-state index contributed by atoms with van der Waals surface area (Å²) in [5.41, 5.74) is 0.0999. The average molecular weight is 494 g/mol. The van der Waals surface area contributed by atoms with Crippen LogP contribution in [0.3, 0.4) is 0 Å². The second-order valence-electron chi connectivity index (χ2n) is 9.76. The highest BCUT2D eigenvalue weighted by atomic mass is 19.4. The van der Waals surface area contributed by atoms with Gasteiger partial charge in [-0.1, -0.05) is 19.1 Å². The van der Waals surface area contributed by atoms with E-state index in [-0.39, 0.29) is 18.4 Å². The van der Waals surface area contributed by atoms with Crippen LogP contribution in [-0.2, 0) is 11.0 Å². The van der Waals surface area contributed by atoms with E-state index in [1.54, 1.807) is 17.0 Å². The molecule has 0 radical (unpaired) electrons. The molecule has 1 aromatic carbocycles. The molecule has 1 atom stereocenters. The zero-order valence-corrected chi connectivity index (χ0v) is 19.6. The van der Waals surface area contributed by atoms with Gasteiger partial charge in [0.1, 0.15) is 0 Å². The number of carboxylic acid groups (broad SMARTS) is 1. The van der Waals surface area contributed by atoms with Gasteiger partial charge in [0.05, 0.1) is 0 Å². The zero-order valence-electron chi connectivity index (χ0n) is 19.6. The van der Waals surface area contributed by atoms with E-state index in [0.717, 1.165) is 44.1 Å². The van der Waals surface area contributed by atoms with E-state index >= 15 is 0 Å². The molecule has 1 unspecified atom stereocenters. The van der Waals surface area contributed by atoms with Crippen molar-refractivity contribution in [3.63, 3.8) is 0 Å². The molecule has 1 aliphatic heterocycles. The number of nitrogens with zero attached hydrogens (tertiary/aromatic N) is 2. The summed E-state index contributed by atoms with van der Waals surface area (Å²) in [7, 11) is 0. The molecule has 1 amide bonds. The Morgan fingerprint density at radius 2 is 1.83 bits per heavy atom. The van der Waals surface area contributed by atoms with Crippen LogP contribution in [0.4, 0.5) is 24.9 Å². The maximum Gasteiger partial charge on any atom is 0.437 e. The van der Waals surface area contributed by atoms with Crippen molar-refractivity contribution in [2.45, 2.75) is 64.0 Å². The third-order valence-electron chi connectivity index (χ3n) is 6.97. The van der Waals surface area contributed by atoms with Crippen molar-refractivity contribution < 1.29 is 32.3 Å². The molecule has 2 heterocycles. The molecule has 190 valence electrons. The third kappa shape index (κ3) is 6.15. The Kier molecular flexibility index (Phi) is 7.37. The fraction of sp³-hybridized carbons (Fsp3) is 0.560. The van der Waals surface area contributed by atoms with Crippen LogP contribution in [0, 0.1) is 11.8 Å². The number of rotatable bonds is 6. The first-order valence-corrected chi connectivity index (χ1v) is 12.1. The van der Waals surface area contributed by atoms with E-state index in [4.69, 9.17) is 9.52 Å². The lowest BCUT2D eigenvalue weighted by atomic mass is 9.77. The lowest BCUT2D eigenvalue weighted by molar-refractivity contribution is -0.141. The number of hydrogen-bond acceptors (Lipinski definition) is 5. The second-order valence-corrected chi connectivity index (χ2v) is 9.76. The van der Waals surface area contributed by atoms with Gasteiger partial charge in [0.25, 0.3) is 11.9 Å². The first kappa shape index (κ1) is 25.1. The van der Waals surface area contributed by atoms with Gasteiger partial charge >= 0.3 is 12.1 Å². The van der Waals surface area contributed by atoms with Gasteiger partial charge in [-0.15, -0.1) is 0 Å². The number of benzene rings is 1. The smallest absolute Gasteiger partial charge is 0.437 e. The molecular weight excluding hydrogens is 463 g/mol. The number of alkyl halides is 3. The summed E-state index contributed by atoms with van der Waals surface area (Å²) < 4.78 is 46.2. The van der Waals surface area contributed by atoms with Crippen molar-refractivity contribution in [1.29, 1.82) is 0 Å². The van der Waals surface area contributed by atoms with Crippen molar-refractivity contribution in [3.05, 3.63) is 41.3 Å². The highest BCUT2D eigenvalue weighted by molar-refractivity contribution is 6.03. The molecule has 2 N–H and O–H groups in total. The Morgan fingerprint density at radius 1 is 1.14 bits per heavy atom. The number of anilines is 2. The van der Waals surface area contributed by atoms with Crippen LogP contribution in [-0.4, -0.2) is 35.1 Å². The molecular formula is C25H30F3N3O4. The third-order valence-corrected chi connectivity index (χ3v) is 6.97. The number of carboxylic acids is 1. The van der Waals surface area contributed by atoms with Gasteiger partial charge in [-0.2, -0.15) is 18.2 Å². The van der Waals surface area contributed by atoms with Crippen molar-refractivity contribution in [2.75, 3.05) is 23.3 Å². The monoisotopic (exact) mass is 493 g/mol. The molecule has 0 bridgehead atoms. The van der Waals surface area contributed by atoms with E-state index in [0.29, 0.717) is 30.6 Å². The number of piperidine rings is 1. The number of amides is 1. The van der Waals surface area contributed by atoms with Crippen molar-refractivity contribution >= 4 is 23.6 Å². The lowest BCUT2D eigenvalue weighted by Gasteiger charge is -2.29. The first-order chi connectivity index (χ1) is 16.6. The molecule has 2 aromatic rings. The fourth-order valence-electron chi connectivity index (χ4n) is 5.13. The highest BCUT2D eigenvalue weighted by Gasteiger charge is 2.42. The molecule has 10 heteroatoms. The zero-order chi connectivity index (χ0) is 25.2. The van der Waals surface area contributed by atoms with Crippen molar-refractivity contribution in [2.24, 2.45) is 11.8 Å². The van der Waals surface area contributed by atoms with Crippen molar-refractivity contribution in [1.82, 2.24) is 4.98 Å². The van der Waals surface area contributed by atoms with E-state index in [1.165, 1.54) is 0 Å². The minimum Gasteiger partial charge on any atom is -0.481 e. The Balaban J connectivity index is 1.43. The predicted octanol–water partition coefficient (Wildman–Crippen LogP) is 5.93. The molecule has 35 heavy (non-hydrogen) atoms. The summed E-state index contributed by atoms with van der Waals surface area (Å²) in [5.74, 6) is -1.82. The van der Waals surface area contributed by atoms with Crippen LogP contribution in [0.5, 0.6) is 0 Å². The van der Waals surface area contributed by atoms with Crippen LogP contribution in [0.2, 0.25) is 0 Å². The summed E-state index contributed by atoms with van der Waals surface area (Å²) in [4.78, 5) is 28.9. The second kappa shape index (κ2) is 10.3. The molecule has 4 rings (SSSR count). The maximum absolute atomic E-state index is 13.6. The summed E-state index contributed by atoms with van der Waals surface area (Å²) in [5, 5.41) is 11.5. The van der Waals surface area contributed by atoms with Crippen LogP contribution in [0.15, 0.2) is 28.7 Å². The number of nitrogens with one attached hydrogen (secondary N) is 1. The fourth-order valence-corrected chi connectivity index (χ4v) is 5.13. The number of oxazole rings is 1. The summed E-state index contributed by atoms with van der Waals surface area (Å²) in [6.45, 7) is 3.07. The highest BCUT2D eigenvalue weighted by Crippen LogP contribution is 2.38. The van der Waals surface area contributed by atoms with Gasteiger partial charge in [-0.3, -0.25) is 9.59 Å². The van der Waals surface area contributed by atoms with Crippen LogP contribution >= 0.6 is 0 Å². The molecule has 0 spiro atoms. The van der Waals surface area contributed by atoms with E-state index in [2.05, 4.69) is 10.3 Å². The first-order valence-electron chi connectivity index (χ1n) is 12.1. The van der Waals surface area contributed by atoms with E-state index in [9.17, 15) is 22.8 Å². The van der Waals surface area contributed by atoms with E-state index in [1.807, 2.05) is 19.1 Å². The molecule has 1 aromatic heterocycles. The van der Waals surface area contributed by atoms with Gasteiger partial charge in [-0.05, 0) is 74.0 Å². The van der Waals surface area contributed by atoms with Gasteiger partial charge in [-0.25, -0.2) is 0 Å². The Labute approximate surface area is 201 Å². The number of halogens is 3. The minimum absolute atomic E-state index is 0.178. The number of carbonyl (C=O) groups excluding carboxylic acids is 1. The predicted molar refractivity (Wildman–Crippen MR) is 123 cm³/mol. The summed E-state index contributed by atoms with van der Waals surface area (Å²) >= 11 is 0. The van der Waals surface area contributed by atoms with Crippen LogP contribution in [0.25, 0.3) is 0 Å². The average Bonchev–Trinajstić information content (AvgIpc) is 3.26. The van der Waals surface area contributed by atoms with Gasteiger partial charge in [0, 0.05) is 25.2 Å². The Bertz CT molecular complexity index is 1040. The van der Waals surface area contributed by atoms with Crippen LogP contribution in [0.1, 0.15) is 79.6 Å². The Hall–Kier alpha value is -3.04. The lowest BCUT2D eigenvalue weighted by Crippen LogP contribution is -2.34. The van der Waals surface area contributed by atoms with Gasteiger partial charge in [0.2, 0.25) is 5.76 Å². The number of aromatic nitrogens is 1. The number of carbonyl (C=O) groups is 2. The SMILES string of the molecule is CC1CCCN(c2nc(C(F)(F)F)c(C(=O)Nc3ccc(C4CCC(CC(=O)O)CC4)cc3)o2)C1. The van der Waals surface area contributed by atoms with Crippen molar-refractivity contribution in [3.8, 4) is 0 Å². The largest absolute Gasteiger partial charge is 0.481 e. The summed E-state index contributed by atoms with van der Waals surface area (Å²) in [6.07, 6.45) is 0.634. The minimum atomic E-state index is -4.82. The van der Waals surface area contributed by atoms with Crippen LogP contribution < -0.4 is 10.2 Å². The molecule has 2 fully saturated rings. The summed E-state index contributed by atoms with van der Waals surface area (Å²) in [6, 6.07) is 6.84. The number of hydrogen-bond donors (Lipinski definition) is 2. The normalized spacial score (nSPS) is 23.2. The maximum atomic E-state index is 13.6. The molecule has 2 aliphatic rings. The Morgan fingerprint density at radius 3 is 2.43 bits per heavy atom.